The number of hydrogen-bond donors (Lipinski definition) is 0. The molecule has 0 unspecified atom stereocenters. The van der Waals surface area contributed by atoms with E-state index in [1.54, 1.807) is 48.5 Å². The topological polar surface area (TPSA) is 68.3 Å². The molecule has 0 aliphatic rings. The van der Waals surface area contributed by atoms with Gasteiger partial charge in [-0.15, -0.1) is 0 Å². The fourth-order valence-electron chi connectivity index (χ4n) is 1.36. The minimum atomic E-state index is -3.72. The summed E-state index contributed by atoms with van der Waals surface area (Å²) in [6.45, 7) is 0. The largest absolute Gasteiger partial charge is 0.317 e. The zero-order valence-electron chi connectivity index (χ0n) is 10.6. The van der Waals surface area contributed by atoms with E-state index in [9.17, 15) is 8.42 Å². The van der Waals surface area contributed by atoms with Crippen LogP contribution >= 0.6 is 53.2 Å². The Hall–Kier alpha value is -0.120. The van der Waals surface area contributed by atoms with Crippen molar-refractivity contribution < 1.29 is 16.8 Å². The van der Waals surface area contributed by atoms with Gasteiger partial charge in [0, 0.05) is 30.3 Å². The van der Waals surface area contributed by atoms with Gasteiger partial charge in [0.1, 0.15) is 0 Å². The molecule has 22 heavy (non-hydrogen) atoms. The summed E-state index contributed by atoms with van der Waals surface area (Å²) in [6.07, 6.45) is 0. The summed E-state index contributed by atoms with van der Waals surface area (Å²) >= 11 is 6.55. The van der Waals surface area contributed by atoms with Gasteiger partial charge in [0.25, 0.3) is 0 Å². The molecule has 0 aliphatic heterocycles. The summed E-state index contributed by atoms with van der Waals surface area (Å²) in [4.78, 5) is 0.589. The Labute approximate surface area is 154 Å². The number of rotatable bonds is 2. The molecule has 0 aliphatic carbocycles. The van der Waals surface area contributed by atoms with E-state index in [0.717, 1.165) is 8.95 Å². The van der Waals surface area contributed by atoms with Crippen LogP contribution in [0, 0.1) is 0 Å². The van der Waals surface area contributed by atoms with Crippen LogP contribution in [0.1, 0.15) is 0 Å². The third kappa shape index (κ3) is 6.97. The first-order chi connectivity index (χ1) is 10.00. The Balaban J connectivity index is 0.000000422. The maximum absolute atomic E-state index is 12.2. The molecule has 0 spiro atoms. The lowest BCUT2D eigenvalue weighted by molar-refractivity contribution is 0.596. The molecule has 2 aromatic rings. The third-order valence-electron chi connectivity index (χ3n) is 2.25. The van der Waals surface area contributed by atoms with Crippen molar-refractivity contribution in [1.29, 1.82) is 0 Å². The smallest absolute Gasteiger partial charge is 0.219 e. The molecule has 10 heteroatoms. The molecule has 0 N–H and O–H groups in total. The minimum absolute atomic E-state index is 0.294. The van der Waals surface area contributed by atoms with Crippen molar-refractivity contribution in [2.24, 2.45) is 0 Å². The first-order valence-electron chi connectivity index (χ1n) is 5.40. The third-order valence-corrected chi connectivity index (χ3v) is 5.09. The second-order valence-corrected chi connectivity index (χ2v) is 11.2. The maximum Gasteiger partial charge on any atom is 0.317 e. The Morgan fingerprint density at radius 3 is 1.09 bits per heavy atom. The normalized spacial score (nSPS) is 11.5. The van der Waals surface area contributed by atoms with Crippen LogP contribution in [0.4, 0.5) is 0 Å². The highest BCUT2D eigenvalue weighted by atomic mass is 79.9. The van der Waals surface area contributed by atoms with Gasteiger partial charge >= 0.3 is 8.26 Å². The first-order valence-corrected chi connectivity index (χ1v) is 11.6. The number of halogens is 4. The van der Waals surface area contributed by atoms with Crippen LogP contribution in [0.15, 0.2) is 67.3 Å². The molecule has 0 aromatic heterocycles. The van der Waals surface area contributed by atoms with Gasteiger partial charge in [-0.2, -0.15) is 8.42 Å². The first kappa shape index (κ1) is 19.9. The van der Waals surface area contributed by atoms with E-state index >= 15 is 0 Å². The predicted octanol–water partition coefficient (Wildman–Crippen LogP) is 4.75. The number of benzene rings is 2. The van der Waals surface area contributed by atoms with Crippen molar-refractivity contribution in [3.05, 3.63) is 57.5 Å². The van der Waals surface area contributed by atoms with Crippen LogP contribution in [-0.4, -0.2) is 16.8 Å². The fourth-order valence-corrected chi connectivity index (χ4v) is 3.15. The van der Waals surface area contributed by atoms with E-state index in [1.807, 2.05) is 0 Å². The molecule has 0 bridgehead atoms. The molecule has 2 rings (SSSR count). The summed E-state index contributed by atoms with van der Waals surface area (Å²) in [5.74, 6) is 0. The van der Waals surface area contributed by atoms with E-state index in [4.69, 9.17) is 8.42 Å². The molecule has 0 heterocycles. The van der Waals surface area contributed by atoms with E-state index in [0.29, 0.717) is 9.79 Å². The van der Waals surface area contributed by atoms with Gasteiger partial charge in [0.05, 0.1) is 9.79 Å². The van der Waals surface area contributed by atoms with Gasteiger partial charge in [-0.3, -0.25) is 0 Å². The fraction of sp³-hybridized carbons (Fsp3) is 0. The van der Waals surface area contributed by atoms with Gasteiger partial charge in [-0.1, -0.05) is 31.9 Å². The number of hydrogen-bond acceptors (Lipinski definition) is 4. The monoisotopic (exact) mass is 508 g/mol. The SMILES string of the molecule is O=S(=O)(Cl)Cl.O=S(=O)(c1ccc(Br)cc1)c1ccc(Br)cc1. The number of sulfone groups is 1. The van der Waals surface area contributed by atoms with Crippen molar-refractivity contribution in [1.82, 2.24) is 0 Å². The van der Waals surface area contributed by atoms with Crippen LogP contribution in [0.25, 0.3) is 0 Å². The van der Waals surface area contributed by atoms with E-state index < -0.39 is 18.1 Å². The Morgan fingerprint density at radius 2 is 0.864 bits per heavy atom. The molecule has 4 nitrogen and oxygen atoms in total. The molecule has 0 saturated heterocycles. The molecule has 0 radical (unpaired) electrons. The van der Waals surface area contributed by atoms with Crippen LogP contribution in [0.3, 0.4) is 0 Å². The standard InChI is InChI=1S/C12H8Br2O2S.Cl2O2S/c13-9-1-5-11(6-2-9)17(15,16)12-7-3-10(14)4-8-12;1-5(2,3)4/h1-8H;. The van der Waals surface area contributed by atoms with Gasteiger partial charge in [0.15, 0.2) is 0 Å². The van der Waals surface area contributed by atoms with Crippen LogP contribution < -0.4 is 0 Å². The Morgan fingerprint density at radius 1 is 0.636 bits per heavy atom. The molecule has 0 saturated carbocycles. The predicted molar refractivity (Wildman–Crippen MR) is 94.4 cm³/mol. The van der Waals surface area contributed by atoms with Crippen molar-refractivity contribution in [3.63, 3.8) is 0 Å². The van der Waals surface area contributed by atoms with E-state index in [2.05, 4.69) is 53.2 Å². The molecule has 0 atom stereocenters. The lowest BCUT2D eigenvalue weighted by Gasteiger charge is -2.04. The summed E-state index contributed by atoms with van der Waals surface area (Å²) in [5, 5.41) is 0. The minimum Gasteiger partial charge on any atom is -0.219 e. The highest BCUT2D eigenvalue weighted by Gasteiger charge is 2.16. The molecule has 2 aromatic carbocycles. The second-order valence-electron chi connectivity index (χ2n) is 3.79. The lowest BCUT2D eigenvalue weighted by Crippen LogP contribution is -2.01. The van der Waals surface area contributed by atoms with E-state index in [1.165, 1.54) is 0 Å². The van der Waals surface area contributed by atoms with Crippen LogP contribution in [-0.2, 0) is 18.1 Å². The van der Waals surface area contributed by atoms with Crippen LogP contribution in [0.5, 0.6) is 0 Å². The maximum atomic E-state index is 12.2. The van der Waals surface area contributed by atoms with Gasteiger partial charge < -0.3 is 0 Å². The molecule has 0 amide bonds. The van der Waals surface area contributed by atoms with Gasteiger partial charge in [0.2, 0.25) is 9.84 Å². The lowest BCUT2D eigenvalue weighted by atomic mass is 10.4. The van der Waals surface area contributed by atoms with Crippen molar-refractivity contribution in [2.75, 3.05) is 0 Å². The summed E-state index contributed by atoms with van der Waals surface area (Å²) in [6, 6.07) is 13.2. The van der Waals surface area contributed by atoms with Gasteiger partial charge in [-0.05, 0) is 48.5 Å². The quantitative estimate of drug-likeness (QED) is 0.547. The molecular formula is C12H8Br2Cl2O4S2. The molecule has 0 fully saturated rings. The van der Waals surface area contributed by atoms with Gasteiger partial charge in [-0.25, -0.2) is 8.42 Å². The van der Waals surface area contributed by atoms with E-state index in [-0.39, 0.29) is 0 Å². The molecule has 120 valence electrons. The Kier molecular flexibility index (Phi) is 7.35. The zero-order chi connectivity index (χ0) is 17.0. The highest BCUT2D eigenvalue weighted by molar-refractivity contribution is 9.10. The second kappa shape index (κ2) is 8.12. The Bertz CT molecular complexity index is 774. The average molecular weight is 511 g/mol. The highest BCUT2D eigenvalue weighted by Crippen LogP contribution is 2.23. The van der Waals surface area contributed by atoms with Crippen molar-refractivity contribution in [3.8, 4) is 0 Å². The van der Waals surface area contributed by atoms with Crippen molar-refractivity contribution in [2.45, 2.75) is 9.79 Å². The average Bonchev–Trinajstić information content (AvgIpc) is 2.38. The summed E-state index contributed by atoms with van der Waals surface area (Å²) < 4.78 is 44.5. The zero-order valence-corrected chi connectivity index (χ0v) is 16.9. The summed E-state index contributed by atoms with van der Waals surface area (Å²) in [7, 11) is 1.40. The van der Waals surface area contributed by atoms with Crippen LogP contribution in [0.2, 0.25) is 0 Å². The summed E-state index contributed by atoms with van der Waals surface area (Å²) in [5.41, 5.74) is 0. The molecular weight excluding hydrogens is 503 g/mol. The van der Waals surface area contributed by atoms with Crippen molar-refractivity contribution >= 4 is 71.3 Å².